The van der Waals surface area contributed by atoms with E-state index in [9.17, 15) is 0 Å². The van der Waals surface area contributed by atoms with E-state index >= 15 is 0 Å². The topological polar surface area (TPSA) is 58.2 Å². The number of hydroxylamine groups is 1. The second kappa shape index (κ2) is 15.5. The van der Waals surface area contributed by atoms with Crippen LogP contribution in [0.25, 0.3) is 0 Å². The Morgan fingerprint density at radius 3 is 1.57 bits per heavy atom. The Morgan fingerprint density at radius 1 is 0.733 bits per heavy atom. The van der Waals surface area contributed by atoms with Gasteiger partial charge in [0.25, 0.3) is 0 Å². The van der Waals surface area contributed by atoms with Gasteiger partial charge in [-0.05, 0) is 67.0 Å². The van der Waals surface area contributed by atoms with Crippen LogP contribution in [0, 0.1) is 0 Å². The lowest BCUT2D eigenvalue weighted by molar-refractivity contribution is -0.159. The molecule has 0 radical (unpaired) electrons. The van der Waals surface area contributed by atoms with Crippen LogP contribution >= 0.6 is 17.2 Å². The molecule has 0 rings (SSSR count). The smallest absolute Gasteiger partial charge is 0.181 e. The van der Waals surface area contributed by atoms with Crippen molar-refractivity contribution < 1.29 is 23.8 Å². The Morgan fingerprint density at radius 2 is 1.17 bits per heavy atom. The lowest BCUT2D eigenvalue weighted by Crippen LogP contribution is -2.47. The van der Waals surface area contributed by atoms with E-state index in [2.05, 4.69) is 40.1 Å². The molecular formula is C22H49NO5P2. The van der Waals surface area contributed by atoms with Crippen LogP contribution in [0.1, 0.15) is 82.1 Å². The molecule has 5 unspecified atom stereocenters. The second-order valence-corrected chi connectivity index (χ2v) is 12.3. The largest absolute Gasteiger partial charge is 0.347 e. The molecule has 0 heterocycles. The Kier molecular flexibility index (Phi) is 15.8. The van der Waals surface area contributed by atoms with Crippen LogP contribution in [0.15, 0.2) is 0 Å². The molecule has 5 atom stereocenters. The molecule has 0 aliphatic heterocycles. The zero-order chi connectivity index (χ0) is 23.3. The molecule has 0 amide bonds. The SMILES string of the molecule is CCCNOC(C)(CC(C)PC(C)(OCC)OCC)C(C)PC(C)(OCC)OCC. The predicted octanol–water partition coefficient (Wildman–Crippen LogP) is 5.69. The number of hydrogen-bond acceptors (Lipinski definition) is 6. The maximum atomic E-state index is 6.31. The van der Waals surface area contributed by atoms with Crippen molar-refractivity contribution in [2.45, 2.75) is 110 Å². The lowest BCUT2D eigenvalue weighted by Gasteiger charge is -2.42. The van der Waals surface area contributed by atoms with E-state index in [0.717, 1.165) is 19.4 Å². The van der Waals surface area contributed by atoms with Crippen molar-refractivity contribution in [1.29, 1.82) is 0 Å². The molecule has 0 saturated heterocycles. The van der Waals surface area contributed by atoms with Gasteiger partial charge in [0.15, 0.2) is 11.1 Å². The van der Waals surface area contributed by atoms with Crippen LogP contribution in [-0.2, 0) is 23.8 Å². The van der Waals surface area contributed by atoms with Crippen LogP contribution < -0.4 is 5.48 Å². The Balaban J connectivity index is 5.41. The minimum absolute atomic E-state index is 0.239. The average Bonchev–Trinajstić information content (AvgIpc) is 2.62. The fourth-order valence-electron chi connectivity index (χ4n) is 3.63. The van der Waals surface area contributed by atoms with Gasteiger partial charge in [0.05, 0.1) is 5.60 Å². The highest BCUT2D eigenvalue weighted by atomic mass is 31.1. The highest BCUT2D eigenvalue weighted by molar-refractivity contribution is 7.40. The molecule has 6 nitrogen and oxygen atoms in total. The number of ether oxygens (including phenoxy) is 4. The Bertz CT molecular complexity index is 432. The normalized spacial score (nSPS) is 17.8. The van der Waals surface area contributed by atoms with Crippen molar-refractivity contribution in [2.24, 2.45) is 0 Å². The zero-order valence-corrected chi connectivity index (χ0v) is 23.1. The summed E-state index contributed by atoms with van der Waals surface area (Å²) < 4.78 is 23.9. The van der Waals surface area contributed by atoms with E-state index in [-0.39, 0.29) is 11.3 Å². The molecular weight excluding hydrogens is 420 g/mol. The van der Waals surface area contributed by atoms with Gasteiger partial charge in [-0.25, -0.2) is 5.48 Å². The molecule has 0 fully saturated rings. The Hall–Kier alpha value is 0.620. The first-order chi connectivity index (χ1) is 14.0. The summed E-state index contributed by atoms with van der Waals surface area (Å²) >= 11 is 0. The minimum atomic E-state index is -0.588. The van der Waals surface area contributed by atoms with Crippen molar-refractivity contribution in [1.82, 2.24) is 5.48 Å². The van der Waals surface area contributed by atoms with Crippen LogP contribution in [0.3, 0.4) is 0 Å². The van der Waals surface area contributed by atoms with Crippen LogP contribution in [-0.4, -0.2) is 60.9 Å². The average molecular weight is 470 g/mol. The van der Waals surface area contributed by atoms with Gasteiger partial charge in [0, 0.05) is 38.6 Å². The monoisotopic (exact) mass is 469 g/mol. The second-order valence-electron chi connectivity index (χ2n) is 8.05. The van der Waals surface area contributed by atoms with Gasteiger partial charge in [0.1, 0.15) is 0 Å². The van der Waals surface area contributed by atoms with Crippen molar-refractivity contribution in [3.63, 3.8) is 0 Å². The summed E-state index contributed by atoms with van der Waals surface area (Å²) in [6.07, 6.45) is 1.91. The van der Waals surface area contributed by atoms with Gasteiger partial charge in [-0.2, -0.15) is 0 Å². The number of hydrogen-bond donors (Lipinski definition) is 1. The summed E-state index contributed by atoms with van der Waals surface area (Å²) in [5, 5.41) is 0. The third-order valence-electron chi connectivity index (χ3n) is 4.95. The molecule has 8 heteroatoms. The fraction of sp³-hybridized carbons (Fsp3) is 1.00. The van der Waals surface area contributed by atoms with Gasteiger partial charge in [0.2, 0.25) is 0 Å². The van der Waals surface area contributed by atoms with Crippen molar-refractivity contribution >= 4 is 17.2 Å². The minimum Gasteiger partial charge on any atom is -0.347 e. The lowest BCUT2D eigenvalue weighted by atomic mass is 9.96. The summed E-state index contributed by atoms with van der Waals surface area (Å²) in [6.45, 7) is 24.3. The summed E-state index contributed by atoms with van der Waals surface area (Å²) in [5.74, 6) is 0. The summed E-state index contributed by atoms with van der Waals surface area (Å²) in [7, 11) is 0.959. The summed E-state index contributed by atoms with van der Waals surface area (Å²) in [6, 6.07) is 0. The van der Waals surface area contributed by atoms with Crippen LogP contribution in [0.5, 0.6) is 0 Å². The molecule has 0 aromatic heterocycles. The molecule has 30 heavy (non-hydrogen) atoms. The molecule has 0 spiro atoms. The van der Waals surface area contributed by atoms with E-state index in [1.807, 2.05) is 34.6 Å². The van der Waals surface area contributed by atoms with Crippen LogP contribution in [0.2, 0.25) is 0 Å². The van der Waals surface area contributed by atoms with Gasteiger partial charge in [-0.1, -0.05) is 37.9 Å². The van der Waals surface area contributed by atoms with E-state index < -0.39 is 11.1 Å². The molecule has 0 bridgehead atoms. The number of nitrogens with one attached hydrogen (secondary N) is 1. The van der Waals surface area contributed by atoms with Gasteiger partial charge in [-0.15, -0.1) is 0 Å². The summed E-state index contributed by atoms with van der Waals surface area (Å²) in [5.41, 5.74) is 2.30. The van der Waals surface area contributed by atoms with E-state index in [1.165, 1.54) is 0 Å². The van der Waals surface area contributed by atoms with Gasteiger partial charge >= 0.3 is 0 Å². The third kappa shape index (κ3) is 11.5. The zero-order valence-electron chi connectivity index (χ0n) is 21.1. The van der Waals surface area contributed by atoms with E-state index in [0.29, 0.717) is 49.2 Å². The molecule has 0 aromatic rings. The maximum absolute atomic E-state index is 6.31. The fourth-order valence-corrected chi connectivity index (χ4v) is 7.21. The molecule has 0 aromatic carbocycles. The third-order valence-corrected chi connectivity index (χ3v) is 8.32. The highest BCUT2D eigenvalue weighted by Gasteiger charge is 2.41. The first-order valence-corrected chi connectivity index (χ1v) is 13.7. The van der Waals surface area contributed by atoms with Crippen molar-refractivity contribution in [2.75, 3.05) is 33.0 Å². The van der Waals surface area contributed by atoms with E-state index in [4.69, 9.17) is 23.8 Å². The molecule has 1 N–H and O–H groups in total. The molecule has 0 saturated carbocycles. The molecule has 0 aliphatic carbocycles. The molecule has 0 aliphatic rings. The molecule has 182 valence electrons. The summed E-state index contributed by atoms with van der Waals surface area (Å²) in [4.78, 5) is 6.31. The standard InChI is InChI=1S/C22H49NO5P2/c1-11-16-23-28-20(8,19(7)30-22(10,26-14-4)27-15-5)17-18(6)29-21(9,24-12-2)25-13-3/h18-19,23,29-30H,11-17H2,1-10H3. The highest BCUT2D eigenvalue weighted by Crippen LogP contribution is 2.47. The first-order valence-electron chi connectivity index (χ1n) is 11.6. The van der Waals surface area contributed by atoms with Gasteiger partial charge < -0.3 is 18.9 Å². The van der Waals surface area contributed by atoms with Gasteiger partial charge in [-0.3, -0.25) is 4.84 Å². The van der Waals surface area contributed by atoms with Crippen molar-refractivity contribution in [3.05, 3.63) is 0 Å². The first kappa shape index (κ1) is 30.6. The van der Waals surface area contributed by atoms with Crippen molar-refractivity contribution in [3.8, 4) is 0 Å². The van der Waals surface area contributed by atoms with Crippen LogP contribution in [0.4, 0.5) is 0 Å². The van der Waals surface area contributed by atoms with E-state index in [1.54, 1.807) is 0 Å². The predicted molar refractivity (Wildman–Crippen MR) is 131 cm³/mol. The number of rotatable bonds is 19. The quantitative estimate of drug-likeness (QED) is 0.113. The maximum Gasteiger partial charge on any atom is 0.181 e. The Labute approximate surface area is 189 Å².